The molecule has 2 atom stereocenters. The molecule has 240 valence electrons. The van der Waals surface area contributed by atoms with E-state index in [4.69, 9.17) is 23.7 Å². The average molecular weight is 604 g/mol. The molecule has 1 aliphatic heterocycles. The van der Waals surface area contributed by atoms with Crippen LogP contribution in [0.3, 0.4) is 0 Å². The summed E-state index contributed by atoms with van der Waals surface area (Å²) in [6.07, 6.45) is 8.86. The van der Waals surface area contributed by atoms with Crippen molar-refractivity contribution in [2.75, 3.05) is 26.4 Å². The Morgan fingerprint density at radius 2 is 1.27 bits per heavy atom. The van der Waals surface area contributed by atoms with Gasteiger partial charge in [-0.05, 0) is 55.4 Å². The maximum Gasteiger partial charge on any atom is 0.161 e. The largest absolute Gasteiger partial charge is 0.493 e. The smallest absolute Gasteiger partial charge is 0.161 e. The van der Waals surface area contributed by atoms with Crippen molar-refractivity contribution in [3.8, 4) is 28.7 Å². The van der Waals surface area contributed by atoms with Crippen molar-refractivity contribution in [3.05, 3.63) is 77.4 Å². The summed E-state index contributed by atoms with van der Waals surface area (Å²) in [5.74, 6) is 4.05. The van der Waals surface area contributed by atoms with Crippen LogP contribution in [0.1, 0.15) is 102 Å². The molecule has 44 heavy (non-hydrogen) atoms. The summed E-state index contributed by atoms with van der Waals surface area (Å²) in [4.78, 5) is 0. The van der Waals surface area contributed by atoms with E-state index in [9.17, 15) is 0 Å². The van der Waals surface area contributed by atoms with Gasteiger partial charge in [0, 0.05) is 24.2 Å². The second-order valence-corrected chi connectivity index (χ2v) is 11.6. The second-order valence-electron chi connectivity index (χ2n) is 11.6. The summed E-state index contributed by atoms with van der Waals surface area (Å²) >= 11 is 0. The quantitative estimate of drug-likeness (QED) is 0.130. The van der Waals surface area contributed by atoms with Gasteiger partial charge < -0.3 is 29.0 Å². The molecule has 1 N–H and O–H groups in total. The maximum atomic E-state index is 6.91. The standard InChI is InChI=1S/C38H53NO5/c1-5-9-20-40-31-25-35(42-22-11-7-3)32-27-33(39-28-29-16-14-13-15-17-29)38(44-36(32)26-31)30-18-19-34(41-21-10-6-2)37(24-30)43-23-12-8-4/h13-19,24-26,33,38-39H,5-12,20-23,27-28H2,1-4H3/t33-,38-/m1/s1. The first kappa shape index (κ1) is 33.5. The highest BCUT2D eigenvalue weighted by Gasteiger charge is 2.34. The Morgan fingerprint density at radius 3 is 1.93 bits per heavy atom. The molecule has 0 saturated heterocycles. The Labute approximate surface area is 265 Å². The molecule has 1 heterocycles. The predicted molar refractivity (Wildman–Crippen MR) is 179 cm³/mol. The van der Waals surface area contributed by atoms with Crippen LogP contribution < -0.4 is 29.0 Å². The zero-order valence-electron chi connectivity index (χ0n) is 27.4. The van der Waals surface area contributed by atoms with E-state index in [2.05, 4.69) is 75.5 Å². The van der Waals surface area contributed by atoms with Gasteiger partial charge in [-0.15, -0.1) is 0 Å². The fourth-order valence-electron chi connectivity index (χ4n) is 5.23. The fourth-order valence-corrected chi connectivity index (χ4v) is 5.23. The number of ether oxygens (including phenoxy) is 5. The SMILES string of the molecule is CCCCOc1cc(OCCCC)c2c(c1)O[C@H](c1ccc(OCCCC)c(OCCCC)c1)[C@H](NCc1ccccc1)C2. The van der Waals surface area contributed by atoms with Gasteiger partial charge in [0.25, 0.3) is 0 Å². The Balaban J connectivity index is 1.68. The summed E-state index contributed by atoms with van der Waals surface area (Å²) in [5.41, 5.74) is 3.38. The fraction of sp³-hybridized carbons (Fsp3) is 0.526. The minimum Gasteiger partial charge on any atom is -0.493 e. The van der Waals surface area contributed by atoms with Crippen molar-refractivity contribution in [2.24, 2.45) is 0 Å². The Kier molecular flexibility index (Phi) is 14.0. The van der Waals surface area contributed by atoms with Crippen LogP contribution in [0.25, 0.3) is 0 Å². The van der Waals surface area contributed by atoms with E-state index in [0.717, 1.165) is 104 Å². The zero-order chi connectivity index (χ0) is 31.0. The molecule has 6 heteroatoms. The van der Waals surface area contributed by atoms with Gasteiger partial charge in [0.15, 0.2) is 11.5 Å². The predicted octanol–water partition coefficient (Wildman–Crippen LogP) is 9.24. The maximum absolute atomic E-state index is 6.91. The lowest BCUT2D eigenvalue weighted by Gasteiger charge is -2.36. The van der Waals surface area contributed by atoms with E-state index in [-0.39, 0.29) is 12.1 Å². The monoisotopic (exact) mass is 603 g/mol. The van der Waals surface area contributed by atoms with Crippen LogP contribution in [0, 0.1) is 0 Å². The molecule has 0 bridgehead atoms. The molecule has 1 aliphatic rings. The first-order valence-corrected chi connectivity index (χ1v) is 16.9. The number of hydrogen-bond donors (Lipinski definition) is 1. The lowest BCUT2D eigenvalue weighted by Crippen LogP contribution is -2.41. The van der Waals surface area contributed by atoms with Crippen LogP contribution in [0.4, 0.5) is 0 Å². The highest BCUT2D eigenvalue weighted by atomic mass is 16.5. The lowest BCUT2D eigenvalue weighted by atomic mass is 9.91. The third-order valence-corrected chi connectivity index (χ3v) is 7.93. The van der Waals surface area contributed by atoms with E-state index >= 15 is 0 Å². The molecular formula is C38H53NO5. The molecule has 0 spiro atoms. The molecule has 0 saturated carbocycles. The van der Waals surface area contributed by atoms with Crippen molar-refractivity contribution in [2.45, 2.75) is 104 Å². The molecule has 0 radical (unpaired) electrons. The van der Waals surface area contributed by atoms with Gasteiger partial charge in [-0.1, -0.05) is 89.8 Å². The average Bonchev–Trinajstić information content (AvgIpc) is 3.05. The van der Waals surface area contributed by atoms with Gasteiger partial charge in [0.1, 0.15) is 23.4 Å². The summed E-state index contributed by atoms with van der Waals surface area (Å²) in [6.45, 7) is 12.1. The number of rotatable bonds is 20. The third-order valence-electron chi connectivity index (χ3n) is 7.93. The molecule has 0 fully saturated rings. The number of fused-ring (bicyclic) bond motifs is 1. The van der Waals surface area contributed by atoms with Crippen LogP contribution in [0.2, 0.25) is 0 Å². The second kappa shape index (κ2) is 18.4. The first-order chi connectivity index (χ1) is 21.7. The van der Waals surface area contributed by atoms with Crippen LogP contribution in [-0.4, -0.2) is 32.5 Å². The van der Waals surface area contributed by atoms with Gasteiger partial charge in [0.05, 0.1) is 32.5 Å². The van der Waals surface area contributed by atoms with E-state index in [1.165, 1.54) is 5.56 Å². The highest BCUT2D eigenvalue weighted by Crippen LogP contribution is 2.44. The van der Waals surface area contributed by atoms with Crippen molar-refractivity contribution in [1.29, 1.82) is 0 Å². The Hall–Kier alpha value is -3.38. The Morgan fingerprint density at radius 1 is 0.659 bits per heavy atom. The van der Waals surface area contributed by atoms with E-state index < -0.39 is 0 Å². The molecule has 4 rings (SSSR count). The number of hydrogen-bond acceptors (Lipinski definition) is 6. The first-order valence-electron chi connectivity index (χ1n) is 16.9. The molecular weight excluding hydrogens is 550 g/mol. The van der Waals surface area contributed by atoms with Crippen molar-refractivity contribution >= 4 is 0 Å². The lowest BCUT2D eigenvalue weighted by molar-refractivity contribution is 0.129. The van der Waals surface area contributed by atoms with Gasteiger partial charge in [-0.2, -0.15) is 0 Å². The molecule has 0 amide bonds. The molecule has 6 nitrogen and oxygen atoms in total. The Bertz CT molecular complexity index is 1250. The van der Waals surface area contributed by atoms with E-state index in [1.807, 2.05) is 18.2 Å². The topological polar surface area (TPSA) is 58.2 Å². The number of benzene rings is 3. The van der Waals surface area contributed by atoms with Gasteiger partial charge in [0.2, 0.25) is 0 Å². The number of nitrogens with one attached hydrogen (secondary N) is 1. The highest BCUT2D eigenvalue weighted by molar-refractivity contribution is 5.53. The van der Waals surface area contributed by atoms with Crippen LogP contribution in [0.5, 0.6) is 28.7 Å². The normalized spacial score (nSPS) is 15.7. The minimum absolute atomic E-state index is 0.0124. The van der Waals surface area contributed by atoms with Crippen molar-refractivity contribution < 1.29 is 23.7 Å². The van der Waals surface area contributed by atoms with E-state index in [0.29, 0.717) is 26.4 Å². The third kappa shape index (κ3) is 9.82. The van der Waals surface area contributed by atoms with Gasteiger partial charge in [-0.25, -0.2) is 0 Å². The van der Waals surface area contributed by atoms with Crippen LogP contribution in [-0.2, 0) is 13.0 Å². The molecule has 0 aliphatic carbocycles. The molecule has 0 unspecified atom stereocenters. The van der Waals surface area contributed by atoms with Crippen molar-refractivity contribution in [1.82, 2.24) is 5.32 Å². The minimum atomic E-state index is -0.237. The summed E-state index contributed by atoms with van der Waals surface area (Å²) in [5, 5.41) is 3.82. The zero-order valence-corrected chi connectivity index (χ0v) is 27.4. The molecule has 3 aromatic carbocycles. The summed E-state index contributed by atoms with van der Waals surface area (Å²) < 4.78 is 31.9. The number of unbranched alkanes of at least 4 members (excludes halogenated alkanes) is 4. The molecule has 3 aromatic rings. The summed E-state index contributed by atoms with van der Waals surface area (Å²) in [7, 11) is 0. The molecule has 0 aromatic heterocycles. The van der Waals surface area contributed by atoms with E-state index in [1.54, 1.807) is 0 Å². The summed E-state index contributed by atoms with van der Waals surface area (Å²) in [6, 6.07) is 20.9. The van der Waals surface area contributed by atoms with Crippen molar-refractivity contribution in [3.63, 3.8) is 0 Å². The van der Waals surface area contributed by atoms with Crippen LogP contribution in [0.15, 0.2) is 60.7 Å². The van der Waals surface area contributed by atoms with Gasteiger partial charge >= 0.3 is 0 Å². The van der Waals surface area contributed by atoms with Crippen LogP contribution >= 0.6 is 0 Å². The van der Waals surface area contributed by atoms with Gasteiger partial charge in [-0.3, -0.25) is 0 Å².